The number of Topliss-reactive ketones (excluding diaryl/α,β-unsaturated/α-hetero) is 1. The third-order valence-electron chi connectivity index (χ3n) is 3.36. The molecule has 0 atom stereocenters. The van der Waals surface area contributed by atoms with Gasteiger partial charge in [0.25, 0.3) is 0 Å². The van der Waals surface area contributed by atoms with Crippen molar-refractivity contribution in [2.45, 2.75) is 31.8 Å². The number of rotatable bonds is 3. The van der Waals surface area contributed by atoms with E-state index in [0.717, 1.165) is 30.4 Å². The summed E-state index contributed by atoms with van der Waals surface area (Å²) in [6.45, 7) is 1.97. The average molecular weight is 204 g/mol. The fourth-order valence-electron chi connectivity index (χ4n) is 2.09. The standard InChI is InChI=1S/C13H16O2/c1-10-6-3-4-7-11(10)12(14)13(15-2)8-5-9-13/h3-4,6-7H,5,8-9H2,1-2H3. The van der Waals surface area contributed by atoms with Gasteiger partial charge in [0.15, 0.2) is 5.78 Å². The summed E-state index contributed by atoms with van der Waals surface area (Å²) in [7, 11) is 1.63. The van der Waals surface area contributed by atoms with E-state index in [-0.39, 0.29) is 5.78 Å². The van der Waals surface area contributed by atoms with E-state index in [2.05, 4.69) is 0 Å². The van der Waals surface area contributed by atoms with E-state index >= 15 is 0 Å². The summed E-state index contributed by atoms with van der Waals surface area (Å²) >= 11 is 0. The molecule has 0 aromatic heterocycles. The second kappa shape index (κ2) is 3.78. The van der Waals surface area contributed by atoms with Crippen molar-refractivity contribution < 1.29 is 9.53 Å². The minimum Gasteiger partial charge on any atom is -0.370 e. The molecule has 0 bridgehead atoms. The van der Waals surface area contributed by atoms with Crippen LogP contribution in [0.5, 0.6) is 0 Å². The first kappa shape index (κ1) is 10.4. The average Bonchev–Trinajstić information content (AvgIpc) is 2.17. The molecular formula is C13H16O2. The monoisotopic (exact) mass is 204 g/mol. The van der Waals surface area contributed by atoms with E-state index in [1.54, 1.807) is 7.11 Å². The van der Waals surface area contributed by atoms with E-state index in [0.29, 0.717) is 0 Å². The van der Waals surface area contributed by atoms with Crippen LogP contribution in [0.25, 0.3) is 0 Å². The Balaban J connectivity index is 2.32. The van der Waals surface area contributed by atoms with Crippen LogP contribution in [0.1, 0.15) is 35.2 Å². The lowest BCUT2D eigenvalue weighted by Gasteiger charge is -2.39. The number of hydrogen-bond acceptors (Lipinski definition) is 2. The molecule has 0 saturated heterocycles. The summed E-state index contributed by atoms with van der Waals surface area (Å²) in [6, 6.07) is 7.71. The lowest BCUT2D eigenvalue weighted by molar-refractivity contribution is -0.0448. The Labute approximate surface area is 90.3 Å². The maximum atomic E-state index is 12.3. The molecule has 0 amide bonds. The number of carbonyl (C=O) groups excluding carboxylic acids is 1. The lowest BCUT2D eigenvalue weighted by Crippen LogP contribution is -2.47. The third-order valence-corrected chi connectivity index (χ3v) is 3.36. The fraction of sp³-hybridized carbons (Fsp3) is 0.462. The molecule has 1 aromatic carbocycles. The molecule has 0 radical (unpaired) electrons. The SMILES string of the molecule is COC1(C(=O)c2ccccc2C)CCC1. The fourth-order valence-corrected chi connectivity index (χ4v) is 2.09. The number of ketones is 1. The maximum Gasteiger partial charge on any atom is 0.194 e. The molecule has 0 heterocycles. The second-order valence-electron chi connectivity index (χ2n) is 4.20. The van der Waals surface area contributed by atoms with E-state index in [4.69, 9.17) is 4.74 Å². The highest BCUT2D eigenvalue weighted by Crippen LogP contribution is 2.38. The molecule has 0 spiro atoms. The summed E-state index contributed by atoms with van der Waals surface area (Å²) in [5, 5.41) is 0. The van der Waals surface area contributed by atoms with Crippen molar-refractivity contribution in [1.82, 2.24) is 0 Å². The Hall–Kier alpha value is -1.15. The van der Waals surface area contributed by atoms with Gasteiger partial charge in [0.2, 0.25) is 0 Å². The molecule has 0 unspecified atom stereocenters. The molecule has 1 aromatic rings. The van der Waals surface area contributed by atoms with Crippen LogP contribution in [0.3, 0.4) is 0 Å². The van der Waals surface area contributed by atoms with Crippen LogP contribution in [0.2, 0.25) is 0 Å². The van der Waals surface area contributed by atoms with Crippen LogP contribution in [0.15, 0.2) is 24.3 Å². The highest BCUT2D eigenvalue weighted by Gasteiger charge is 2.44. The van der Waals surface area contributed by atoms with E-state index in [1.807, 2.05) is 31.2 Å². The van der Waals surface area contributed by atoms with Gasteiger partial charge in [0, 0.05) is 12.7 Å². The molecular weight excluding hydrogens is 188 g/mol. The predicted octanol–water partition coefficient (Wildman–Crippen LogP) is 2.75. The minimum absolute atomic E-state index is 0.148. The molecule has 2 rings (SSSR count). The van der Waals surface area contributed by atoms with Gasteiger partial charge in [-0.1, -0.05) is 24.3 Å². The quantitative estimate of drug-likeness (QED) is 0.708. The Kier molecular flexibility index (Phi) is 2.61. The number of methoxy groups -OCH3 is 1. The Morgan fingerprint density at radius 1 is 1.33 bits per heavy atom. The molecule has 1 fully saturated rings. The maximum absolute atomic E-state index is 12.3. The van der Waals surface area contributed by atoms with Crippen molar-refractivity contribution in [3.8, 4) is 0 Å². The lowest BCUT2D eigenvalue weighted by atomic mass is 9.74. The van der Waals surface area contributed by atoms with Crippen molar-refractivity contribution >= 4 is 5.78 Å². The Morgan fingerprint density at radius 2 is 2.00 bits per heavy atom. The van der Waals surface area contributed by atoms with Crippen molar-refractivity contribution in [3.63, 3.8) is 0 Å². The van der Waals surface area contributed by atoms with Crippen molar-refractivity contribution in [3.05, 3.63) is 35.4 Å². The third kappa shape index (κ3) is 1.59. The number of carbonyl (C=O) groups is 1. The predicted molar refractivity (Wildman–Crippen MR) is 59.1 cm³/mol. The second-order valence-corrected chi connectivity index (χ2v) is 4.20. The molecule has 2 heteroatoms. The smallest absolute Gasteiger partial charge is 0.194 e. The topological polar surface area (TPSA) is 26.3 Å². The largest absolute Gasteiger partial charge is 0.370 e. The minimum atomic E-state index is -0.522. The molecule has 1 saturated carbocycles. The van der Waals surface area contributed by atoms with Gasteiger partial charge in [0.1, 0.15) is 5.60 Å². The normalized spacial score (nSPS) is 18.3. The van der Waals surface area contributed by atoms with Crippen LogP contribution in [-0.4, -0.2) is 18.5 Å². The molecule has 1 aliphatic carbocycles. The van der Waals surface area contributed by atoms with Crippen LogP contribution in [0, 0.1) is 6.92 Å². The van der Waals surface area contributed by atoms with Gasteiger partial charge in [-0.25, -0.2) is 0 Å². The Morgan fingerprint density at radius 3 is 2.47 bits per heavy atom. The highest BCUT2D eigenvalue weighted by molar-refractivity contribution is 6.04. The first-order valence-corrected chi connectivity index (χ1v) is 5.35. The zero-order chi connectivity index (χ0) is 10.9. The van der Waals surface area contributed by atoms with Crippen LogP contribution >= 0.6 is 0 Å². The first-order valence-electron chi connectivity index (χ1n) is 5.35. The zero-order valence-electron chi connectivity index (χ0n) is 9.25. The molecule has 2 nitrogen and oxygen atoms in total. The van der Waals surface area contributed by atoms with Crippen LogP contribution in [-0.2, 0) is 4.74 Å². The summed E-state index contributed by atoms with van der Waals surface area (Å²) in [4.78, 5) is 12.3. The molecule has 0 N–H and O–H groups in total. The summed E-state index contributed by atoms with van der Waals surface area (Å²) in [6.07, 6.45) is 2.80. The van der Waals surface area contributed by atoms with Crippen molar-refractivity contribution in [2.24, 2.45) is 0 Å². The summed E-state index contributed by atoms with van der Waals surface area (Å²) in [5.74, 6) is 0.148. The van der Waals surface area contributed by atoms with E-state index < -0.39 is 5.60 Å². The van der Waals surface area contributed by atoms with E-state index in [9.17, 15) is 4.79 Å². The molecule has 15 heavy (non-hydrogen) atoms. The van der Waals surface area contributed by atoms with Gasteiger partial charge in [0.05, 0.1) is 0 Å². The van der Waals surface area contributed by atoms with Gasteiger partial charge in [-0.2, -0.15) is 0 Å². The van der Waals surface area contributed by atoms with Gasteiger partial charge in [-0.3, -0.25) is 4.79 Å². The van der Waals surface area contributed by atoms with Crippen LogP contribution < -0.4 is 0 Å². The number of benzene rings is 1. The number of ether oxygens (including phenoxy) is 1. The highest BCUT2D eigenvalue weighted by atomic mass is 16.5. The van der Waals surface area contributed by atoms with Gasteiger partial charge < -0.3 is 4.74 Å². The van der Waals surface area contributed by atoms with Crippen molar-refractivity contribution in [1.29, 1.82) is 0 Å². The van der Waals surface area contributed by atoms with Gasteiger partial charge >= 0.3 is 0 Å². The van der Waals surface area contributed by atoms with Gasteiger partial charge in [-0.15, -0.1) is 0 Å². The van der Waals surface area contributed by atoms with E-state index in [1.165, 1.54) is 0 Å². The molecule has 80 valence electrons. The van der Waals surface area contributed by atoms with Gasteiger partial charge in [-0.05, 0) is 31.7 Å². The van der Waals surface area contributed by atoms with Crippen LogP contribution in [0.4, 0.5) is 0 Å². The zero-order valence-corrected chi connectivity index (χ0v) is 9.25. The number of aryl methyl sites for hydroxylation is 1. The number of hydrogen-bond donors (Lipinski definition) is 0. The molecule has 1 aliphatic rings. The molecule has 0 aliphatic heterocycles. The summed E-state index contributed by atoms with van der Waals surface area (Å²) in [5.41, 5.74) is 1.32. The first-order chi connectivity index (χ1) is 7.19. The summed E-state index contributed by atoms with van der Waals surface area (Å²) < 4.78 is 5.40. The van der Waals surface area contributed by atoms with Crippen molar-refractivity contribution in [2.75, 3.05) is 7.11 Å². The Bertz CT molecular complexity index is 372.